The van der Waals surface area contributed by atoms with Crippen molar-refractivity contribution in [2.75, 3.05) is 13.1 Å². The molecule has 0 saturated carbocycles. The predicted molar refractivity (Wildman–Crippen MR) is 136 cm³/mol. The van der Waals surface area contributed by atoms with E-state index >= 15 is 0 Å². The monoisotopic (exact) mass is 470 g/mol. The second kappa shape index (κ2) is 10.1. The normalized spacial score (nSPS) is 18.2. The molecule has 1 N–H and O–H groups in total. The van der Waals surface area contributed by atoms with Crippen LogP contribution in [0.4, 0.5) is 0 Å². The van der Waals surface area contributed by atoms with Crippen LogP contribution in [-0.4, -0.2) is 39.6 Å². The van der Waals surface area contributed by atoms with Gasteiger partial charge in [-0.3, -0.25) is 14.3 Å². The molecule has 1 fully saturated rings. The summed E-state index contributed by atoms with van der Waals surface area (Å²) in [6.07, 6.45) is 4.97. The number of benzene rings is 2. The van der Waals surface area contributed by atoms with Gasteiger partial charge in [0.25, 0.3) is 5.91 Å². The third kappa shape index (κ3) is 5.16. The molecule has 3 aromatic rings. The molecule has 2 aromatic carbocycles. The first-order chi connectivity index (χ1) is 17.0. The molecule has 35 heavy (non-hydrogen) atoms. The van der Waals surface area contributed by atoms with Gasteiger partial charge in [-0.15, -0.1) is 0 Å². The maximum absolute atomic E-state index is 13.1. The van der Waals surface area contributed by atoms with E-state index in [-0.39, 0.29) is 17.9 Å². The first kappa shape index (κ1) is 23.3. The molecule has 2 heterocycles. The number of carbonyl (C=O) groups excluding carboxylic acids is 2. The van der Waals surface area contributed by atoms with Gasteiger partial charge in [0.05, 0.1) is 11.7 Å². The van der Waals surface area contributed by atoms with Gasteiger partial charge < -0.3 is 10.2 Å². The lowest BCUT2D eigenvalue weighted by molar-refractivity contribution is -0.133. The van der Waals surface area contributed by atoms with Gasteiger partial charge in [-0.2, -0.15) is 5.10 Å². The Hall–Kier alpha value is -3.41. The second-order valence-corrected chi connectivity index (χ2v) is 9.98. The molecule has 2 amide bonds. The van der Waals surface area contributed by atoms with Gasteiger partial charge in [0.2, 0.25) is 5.91 Å². The van der Waals surface area contributed by atoms with Crippen molar-refractivity contribution < 1.29 is 9.59 Å². The van der Waals surface area contributed by atoms with Crippen LogP contribution in [0.15, 0.2) is 54.6 Å². The summed E-state index contributed by atoms with van der Waals surface area (Å²) in [6, 6.07) is 18.6. The van der Waals surface area contributed by atoms with Gasteiger partial charge in [-0.25, -0.2) is 0 Å². The summed E-state index contributed by atoms with van der Waals surface area (Å²) in [4.78, 5) is 27.9. The number of aryl methyl sites for hydroxylation is 3. The highest BCUT2D eigenvalue weighted by Crippen LogP contribution is 2.31. The van der Waals surface area contributed by atoms with Crippen molar-refractivity contribution in [1.29, 1.82) is 0 Å². The maximum Gasteiger partial charge on any atom is 0.251 e. The van der Waals surface area contributed by atoms with Gasteiger partial charge >= 0.3 is 0 Å². The van der Waals surface area contributed by atoms with Gasteiger partial charge in [0, 0.05) is 24.3 Å². The Morgan fingerprint density at radius 2 is 1.80 bits per heavy atom. The van der Waals surface area contributed by atoms with Crippen molar-refractivity contribution in [3.05, 3.63) is 88.2 Å². The first-order valence-corrected chi connectivity index (χ1v) is 12.8. The minimum absolute atomic E-state index is 0.00828. The summed E-state index contributed by atoms with van der Waals surface area (Å²) in [5, 5.41) is 7.69. The number of aromatic nitrogens is 2. The summed E-state index contributed by atoms with van der Waals surface area (Å²) < 4.78 is 1.79. The van der Waals surface area contributed by atoms with Crippen molar-refractivity contribution in [2.24, 2.45) is 0 Å². The summed E-state index contributed by atoms with van der Waals surface area (Å²) in [7, 11) is 0. The summed E-state index contributed by atoms with van der Waals surface area (Å²) in [5.41, 5.74) is 6.45. The number of hydrogen-bond donors (Lipinski definition) is 1. The van der Waals surface area contributed by atoms with E-state index in [9.17, 15) is 9.59 Å². The molecule has 1 saturated heterocycles. The topological polar surface area (TPSA) is 67.2 Å². The average Bonchev–Trinajstić information content (AvgIpc) is 3.20. The number of fused-ring (bicyclic) bond motifs is 1. The standard InChI is InChI=1S/C29H34N4O2/c1-20-17-21(2)33(31-20)19-28(34)32-15-13-22(14-16-32)24-9-5-10-25(18-24)29(35)30-27-12-6-8-23-7-3-4-11-26(23)27/h3-5,7,9-11,17-18,22,27H,6,8,12-16,19H2,1-2H3,(H,30,35). The fraction of sp³-hybridized carbons (Fsp3) is 0.414. The van der Waals surface area contributed by atoms with E-state index < -0.39 is 0 Å². The molecule has 1 atom stereocenters. The number of hydrogen-bond acceptors (Lipinski definition) is 3. The van der Waals surface area contributed by atoms with Crippen molar-refractivity contribution in [3.8, 4) is 0 Å². The number of amides is 2. The van der Waals surface area contributed by atoms with Crippen molar-refractivity contribution in [1.82, 2.24) is 20.0 Å². The highest BCUT2D eigenvalue weighted by molar-refractivity contribution is 5.94. The zero-order valence-electron chi connectivity index (χ0n) is 20.7. The summed E-state index contributed by atoms with van der Waals surface area (Å²) in [6.45, 7) is 5.69. The molecule has 6 heteroatoms. The Bertz CT molecular complexity index is 1220. The van der Waals surface area contributed by atoms with Gasteiger partial charge in [0.15, 0.2) is 0 Å². The highest BCUT2D eigenvalue weighted by Gasteiger charge is 2.26. The average molecular weight is 471 g/mol. The lowest BCUT2D eigenvalue weighted by Gasteiger charge is -2.32. The van der Waals surface area contributed by atoms with E-state index in [2.05, 4.69) is 40.7 Å². The molecule has 1 aromatic heterocycles. The molecule has 6 nitrogen and oxygen atoms in total. The largest absolute Gasteiger partial charge is 0.345 e. The second-order valence-electron chi connectivity index (χ2n) is 9.98. The van der Waals surface area contributed by atoms with E-state index in [1.165, 1.54) is 16.7 Å². The van der Waals surface area contributed by atoms with Crippen LogP contribution in [0.25, 0.3) is 0 Å². The SMILES string of the molecule is Cc1cc(C)n(CC(=O)N2CCC(c3cccc(C(=O)NC4CCCc5ccccc54)c3)CC2)n1. The van der Waals surface area contributed by atoms with Gasteiger partial charge in [0.1, 0.15) is 6.54 Å². The van der Waals surface area contributed by atoms with Crippen molar-refractivity contribution >= 4 is 11.8 Å². The number of rotatable bonds is 5. The smallest absolute Gasteiger partial charge is 0.251 e. The predicted octanol–water partition coefficient (Wildman–Crippen LogP) is 4.71. The molecule has 5 rings (SSSR count). The Morgan fingerprint density at radius 1 is 1.00 bits per heavy atom. The van der Waals surface area contributed by atoms with Crippen LogP contribution in [0.5, 0.6) is 0 Å². The lowest BCUT2D eigenvalue weighted by atomic mass is 9.87. The summed E-state index contributed by atoms with van der Waals surface area (Å²) >= 11 is 0. The molecule has 1 unspecified atom stereocenters. The Kier molecular flexibility index (Phi) is 6.71. The van der Waals surface area contributed by atoms with E-state index in [0.29, 0.717) is 18.0 Å². The van der Waals surface area contributed by atoms with E-state index in [0.717, 1.165) is 56.6 Å². The third-order valence-corrected chi connectivity index (χ3v) is 7.53. The number of piperidine rings is 1. The molecular weight excluding hydrogens is 436 g/mol. The molecule has 182 valence electrons. The van der Waals surface area contributed by atoms with Crippen LogP contribution in [-0.2, 0) is 17.8 Å². The zero-order chi connectivity index (χ0) is 24.4. The highest BCUT2D eigenvalue weighted by atomic mass is 16.2. The van der Waals surface area contributed by atoms with Crippen molar-refractivity contribution in [2.45, 2.75) is 64.5 Å². The minimum Gasteiger partial charge on any atom is -0.345 e. The molecule has 0 spiro atoms. The fourth-order valence-electron chi connectivity index (χ4n) is 5.60. The molecular formula is C29H34N4O2. The van der Waals surface area contributed by atoms with Crippen LogP contribution in [0.3, 0.4) is 0 Å². The lowest BCUT2D eigenvalue weighted by Crippen LogP contribution is -2.40. The van der Waals surface area contributed by atoms with Gasteiger partial charge in [-0.05, 0) is 86.8 Å². The van der Waals surface area contributed by atoms with Crippen LogP contribution in [0.2, 0.25) is 0 Å². The van der Waals surface area contributed by atoms with E-state index in [1.54, 1.807) is 4.68 Å². The van der Waals surface area contributed by atoms with Crippen molar-refractivity contribution in [3.63, 3.8) is 0 Å². The maximum atomic E-state index is 13.1. The molecule has 2 aliphatic rings. The number of nitrogens with one attached hydrogen (secondary N) is 1. The van der Waals surface area contributed by atoms with Gasteiger partial charge in [-0.1, -0.05) is 36.4 Å². The van der Waals surface area contributed by atoms with Crippen LogP contribution in [0.1, 0.15) is 76.1 Å². The van der Waals surface area contributed by atoms with Crippen LogP contribution < -0.4 is 5.32 Å². The zero-order valence-corrected chi connectivity index (χ0v) is 20.7. The fourth-order valence-corrected chi connectivity index (χ4v) is 5.60. The Balaban J connectivity index is 1.19. The molecule has 1 aliphatic heterocycles. The number of nitrogens with zero attached hydrogens (tertiary/aromatic N) is 3. The number of carbonyl (C=O) groups is 2. The molecule has 0 bridgehead atoms. The first-order valence-electron chi connectivity index (χ1n) is 12.8. The van der Waals surface area contributed by atoms with E-state index in [1.807, 2.05) is 43.0 Å². The Labute approximate surface area is 207 Å². The quantitative estimate of drug-likeness (QED) is 0.587. The van der Waals surface area contributed by atoms with E-state index in [4.69, 9.17) is 0 Å². The Morgan fingerprint density at radius 3 is 2.57 bits per heavy atom. The summed E-state index contributed by atoms with van der Waals surface area (Å²) in [5.74, 6) is 0.470. The van der Waals surface area contributed by atoms with Crippen LogP contribution in [0, 0.1) is 13.8 Å². The molecule has 0 radical (unpaired) electrons. The third-order valence-electron chi connectivity index (χ3n) is 7.53. The minimum atomic E-state index is -0.00828. The number of likely N-dealkylation sites (tertiary alicyclic amines) is 1. The van der Waals surface area contributed by atoms with Crippen LogP contribution >= 0.6 is 0 Å². The molecule has 1 aliphatic carbocycles.